The maximum Gasteiger partial charge on any atom is 0.243 e. The van der Waals surface area contributed by atoms with Crippen LogP contribution in [0, 0.1) is 13.8 Å². The van der Waals surface area contributed by atoms with Crippen molar-refractivity contribution in [1.82, 2.24) is 10.2 Å². The Morgan fingerprint density at radius 3 is 2.13 bits per heavy atom. The Bertz CT molecular complexity index is 1240. The number of halogens is 2. The predicted octanol–water partition coefficient (Wildman–Crippen LogP) is 5.88. The average molecular weight is 585 g/mol. The number of benzene rings is 2. The molecule has 0 heterocycles. The molecule has 0 fully saturated rings. The highest BCUT2D eigenvalue weighted by Gasteiger charge is 2.31. The number of hydrogen-bond donors (Lipinski definition) is 1. The lowest BCUT2D eigenvalue weighted by Crippen LogP contribution is -2.53. The summed E-state index contributed by atoms with van der Waals surface area (Å²) in [5.41, 5.74) is 2.51. The molecule has 0 saturated heterocycles. The van der Waals surface area contributed by atoms with Crippen LogP contribution >= 0.6 is 23.2 Å². The maximum atomic E-state index is 13.6. The van der Waals surface area contributed by atoms with Crippen molar-refractivity contribution in [2.75, 3.05) is 17.1 Å². The molecule has 210 valence electrons. The van der Waals surface area contributed by atoms with Crippen molar-refractivity contribution in [3.05, 3.63) is 63.1 Å². The molecule has 38 heavy (non-hydrogen) atoms. The third kappa shape index (κ3) is 8.61. The van der Waals surface area contributed by atoms with E-state index in [2.05, 4.69) is 5.32 Å². The summed E-state index contributed by atoms with van der Waals surface area (Å²) >= 11 is 12.8. The van der Waals surface area contributed by atoms with Crippen molar-refractivity contribution in [2.45, 2.75) is 78.9 Å². The van der Waals surface area contributed by atoms with E-state index in [0.717, 1.165) is 17.4 Å². The smallest absolute Gasteiger partial charge is 0.243 e. The van der Waals surface area contributed by atoms with E-state index >= 15 is 0 Å². The number of carbonyl (C=O) groups is 2. The average Bonchev–Trinajstić information content (AvgIpc) is 2.78. The van der Waals surface area contributed by atoms with Gasteiger partial charge in [0.15, 0.2) is 0 Å². The number of sulfonamides is 1. The fraction of sp³-hybridized carbons (Fsp3) is 0.500. The normalized spacial score (nSPS) is 12.7. The van der Waals surface area contributed by atoms with Gasteiger partial charge in [-0.05, 0) is 76.8 Å². The summed E-state index contributed by atoms with van der Waals surface area (Å²) < 4.78 is 26.6. The number of rotatable bonds is 11. The molecule has 0 aromatic heterocycles. The minimum atomic E-state index is -3.58. The van der Waals surface area contributed by atoms with Gasteiger partial charge in [0.05, 0.1) is 11.9 Å². The van der Waals surface area contributed by atoms with E-state index < -0.39 is 21.6 Å². The van der Waals surface area contributed by atoms with Crippen molar-refractivity contribution < 1.29 is 18.0 Å². The molecule has 0 aliphatic rings. The van der Waals surface area contributed by atoms with Gasteiger partial charge in [-0.1, -0.05) is 48.3 Å². The predicted molar refractivity (Wildman–Crippen MR) is 156 cm³/mol. The fourth-order valence-corrected chi connectivity index (χ4v) is 5.75. The number of amides is 2. The van der Waals surface area contributed by atoms with Crippen LogP contribution in [0.4, 0.5) is 5.69 Å². The van der Waals surface area contributed by atoms with Crippen LogP contribution in [0.5, 0.6) is 0 Å². The summed E-state index contributed by atoms with van der Waals surface area (Å²) in [5.74, 6) is -0.559. The summed E-state index contributed by atoms with van der Waals surface area (Å²) in [6.45, 7) is 11.5. The molecule has 2 rings (SSSR count). The van der Waals surface area contributed by atoms with E-state index in [1.807, 2.05) is 53.7 Å². The van der Waals surface area contributed by atoms with Gasteiger partial charge in [0.1, 0.15) is 6.04 Å². The van der Waals surface area contributed by atoms with E-state index in [0.29, 0.717) is 27.7 Å². The van der Waals surface area contributed by atoms with Gasteiger partial charge in [-0.3, -0.25) is 13.9 Å². The Balaban J connectivity index is 2.33. The van der Waals surface area contributed by atoms with Crippen LogP contribution < -0.4 is 9.62 Å². The van der Waals surface area contributed by atoms with Gasteiger partial charge in [-0.2, -0.15) is 0 Å². The highest BCUT2D eigenvalue weighted by molar-refractivity contribution is 7.92. The van der Waals surface area contributed by atoms with Gasteiger partial charge >= 0.3 is 0 Å². The summed E-state index contributed by atoms with van der Waals surface area (Å²) in [6.07, 6.45) is 1.85. The van der Waals surface area contributed by atoms with E-state index in [9.17, 15) is 18.0 Å². The topological polar surface area (TPSA) is 86.8 Å². The first-order chi connectivity index (χ1) is 17.6. The minimum absolute atomic E-state index is 0.0399. The third-order valence-corrected chi connectivity index (χ3v) is 8.16. The zero-order valence-corrected chi connectivity index (χ0v) is 25.6. The van der Waals surface area contributed by atoms with Crippen LogP contribution in [-0.4, -0.2) is 49.5 Å². The highest BCUT2D eigenvalue weighted by atomic mass is 35.5. The monoisotopic (exact) mass is 583 g/mol. The van der Waals surface area contributed by atoms with Gasteiger partial charge < -0.3 is 10.2 Å². The van der Waals surface area contributed by atoms with Crippen molar-refractivity contribution in [2.24, 2.45) is 0 Å². The molecule has 1 N–H and O–H groups in total. The number of nitrogens with one attached hydrogen (secondary N) is 1. The Labute approximate surface area is 237 Å². The van der Waals surface area contributed by atoms with Crippen LogP contribution in [0.1, 0.15) is 63.6 Å². The highest BCUT2D eigenvalue weighted by Crippen LogP contribution is 2.28. The Morgan fingerprint density at radius 1 is 1.03 bits per heavy atom. The molecule has 1 atom stereocenters. The number of carbonyl (C=O) groups excluding carboxylic acids is 2. The van der Waals surface area contributed by atoms with Gasteiger partial charge in [0, 0.05) is 40.7 Å². The van der Waals surface area contributed by atoms with Gasteiger partial charge in [-0.15, -0.1) is 0 Å². The number of aryl methyl sites for hydroxylation is 1. The van der Waals surface area contributed by atoms with Gasteiger partial charge in [-0.25, -0.2) is 8.42 Å². The molecule has 0 bridgehead atoms. The van der Waals surface area contributed by atoms with Crippen LogP contribution in [-0.2, 0) is 26.2 Å². The molecular formula is C28H39Cl2N3O4S. The van der Waals surface area contributed by atoms with E-state index in [1.54, 1.807) is 24.3 Å². The fourth-order valence-electron chi connectivity index (χ4n) is 4.21. The second-order valence-corrected chi connectivity index (χ2v) is 13.3. The number of anilines is 1. The van der Waals surface area contributed by atoms with Crippen molar-refractivity contribution >= 4 is 50.7 Å². The second-order valence-electron chi connectivity index (χ2n) is 10.5. The molecule has 2 aromatic carbocycles. The standard InChI is InChI=1S/C28H39Cl2N3O4S/c1-8-24(27(35)31-28(4,5)6)32(18-21-22(29)13-10-14-23(21)30)26(34)16-11-17-33(38(7,36)37)25-15-9-12-19(2)20(25)3/h9-10,12-15,24H,8,11,16-18H2,1-7H3,(H,31,35)/t24-/m1/s1. The third-order valence-electron chi connectivity index (χ3n) is 6.27. The molecule has 0 spiro atoms. The quantitative estimate of drug-likeness (QED) is 0.358. The Kier molecular flexibility index (Phi) is 11.1. The Hall–Kier alpha value is -2.29. The van der Waals surface area contributed by atoms with E-state index in [1.165, 1.54) is 9.21 Å². The minimum Gasteiger partial charge on any atom is -0.350 e. The molecule has 2 aromatic rings. The molecule has 0 aliphatic carbocycles. The van der Waals surface area contributed by atoms with Crippen molar-refractivity contribution in [3.63, 3.8) is 0 Å². The molecule has 0 saturated carbocycles. The maximum absolute atomic E-state index is 13.6. The van der Waals surface area contributed by atoms with Crippen LogP contribution in [0.2, 0.25) is 10.0 Å². The zero-order valence-electron chi connectivity index (χ0n) is 23.3. The van der Waals surface area contributed by atoms with Crippen LogP contribution in [0.15, 0.2) is 36.4 Å². The number of nitrogens with zero attached hydrogens (tertiary/aromatic N) is 2. The lowest BCUT2D eigenvalue weighted by Gasteiger charge is -2.33. The first-order valence-electron chi connectivity index (χ1n) is 12.6. The SMILES string of the molecule is CC[C@H](C(=O)NC(C)(C)C)N(Cc1c(Cl)cccc1Cl)C(=O)CCCN(c1cccc(C)c1C)S(C)(=O)=O. The lowest BCUT2D eigenvalue weighted by molar-refractivity contribution is -0.142. The molecular weight excluding hydrogens is 545 g/mol. The van der Waals surface area contributed by atoms with Crippen molar-refractivity contribution in [1.29, 1.82) is 0 Å². The first kappa shape index (κ1) is 31.9. The molecule has 0 aliphatic heterocycles. The summed E-state index contributed by atoms with van der Waals surface area (Å²) in [6, 6.07) is 9.85. The summed E-state index contributed by atoms with van der Waals surface area (Å²) in [4.78, 5) is 28.3. The van der Waals surface area contributed by atoms with Crippen molar-refractivity contribution in [3.8, 4) is 0 Å². The molecule has 0 radical (unpaired) electrons. The number of hydrogen-bond acceptors (Lipinski definition) is 4. The molecule has 2 amide bonds. The lowest BCUT2D eigenvalue weighted by atomic mass is 10.0. The zero-order chi connectivity index (χ0) is 28.8. The molecule has 0 unspecified atom stereocenters. The largest absolute Gasteiger partial charge is 0.350 e. The second kappa shape index (κ2) is 13.2. The van der Waals surface area contributed by atoms with Crippen LogP contribution in [0.3, 0.4) is 0 Å². The van der Waals surface area contributed by atoms with Gasteiger partial charge in [0.25, 0.3) is 0 Å². The molecule has 7 nitrogen and oxygen atoms in total. The van der Waals surface area contributed by atoms with Gasteiger partial charge in [0.2, 0.25) is 21.8 Å². The molecule has 10 heteroatoms. The van der Waals surface area contributed by atoms with Crippen LogP contribution in [0.25, 0.3) is 0 Å². The van der Waals surface area contributed by atoms with E-state index in [-0.39, 0.29) is 37.7 Å². The summed E-state index contributed by atoms with van der Waals surface area (Å²) in [5, 5.41) is 3.77. The Morgan fingerprint density at radius 2 is 1.61 bits per heavy atom. The van der Waals surface area contributed by atoms with E-state index in [4.69, 9.17) is 23.2 Å². The summed E-state index contributed by atoms with van der Waals surface area (Å²) in [7, 11) is -3.58. The first-order valence-corrected chi connectivity index (χ1v) is 15.3.